The van der Waals surface area contributed by atoms with Crippen LogP contribution in [0.1, 0.15) is 24.0 Å². The van der Waals surface area contributed by atoms with Gasteiger partial charge >= 0.3 is 6.03 Å². The highest BCUT2D eigenvalue weighted by Crippen LogP contribution is 2.13. The van der Waals surface area contributed by atoms with E-state index in [-0.39, 0.29) is 6.03 Å². The van der Waals surface area contributed by atoms with Gasteiger partial charge in [-0.3, -0.25) is 4.57 Å². The zero-order valence-corrected chi connectivity index (χ0v) is 13.2. The van der Waals surface area contributed by atoms with E-state index in [9.17, 15) is 4.79 Å². The Morgan fingerprint density at radius 2 is 1.81 bits per heavy atom. The monoisotopic (exact) mass is 301 g/mol. The highest BCUT2D eigenvalue weighted by atomic mass is 32.1. The molecule has 21 heavy (non-hydrogen) atoms. The van der Waals surface area contributed by atoms with Gasteiger partial charge in [-0.05, 0) is 49.9 Å². The number of hydrogen-bond donors (Lipinski definition) is 0. The third-order valence-electron chi connectivity index (χ3n) is 3.64. The van der Waals surface area contributed by atoms with E-state index in [2.05, 4.69) is 37.0 Å². The van der Waals surface area contributed by atoms with E-state index in [0.29, 0.717) is 0 Å². The number of aromatic nitrogens is 1. The van der Waals surface area contributed by atoms with Crippen LogP contribution in [0.3, 0.4) is 0 Å². The average molecular weight is 301 g/mol. The number of carbonyl (C=O) groups is 1. The Bertz CT molecular complexity index is 703. The van der Waals surface area contributed by atoms with Gasteiger partial charge in [-0.2, -0.15) is 4.99 Å². The van der Waals surface area contributed by atoms with Crippen molar-refractivity contribution in [2.24, 2.45) is 4.99 Å². The first kappa shape index (κ1) is 14.1. The van der Waals surface area contributed by atoms with E-state index in [1.807, 2.05) is 21.0 Å². The van der Waals surface area contributed by atoms with Crippen molar-refractivity contribution in [2.75, 3.05) is 13.1 Å². The second-order valence-electron chi connectivity index (χ2n) is 5.49. The van der Waals surface area contributed by atoms with Gasteiger partial charge in [0, 0.05) is 30.4 Å². The van der Waals surface area contributed by atoms with Crippen LogP contribution < -0.4 is 4.80 Å². The normalized spacial score (nSPS) is 15.7. The summed E-state index contributed by atoms with van der Waals surface area (Å²) < 4.78 is 1.98. The Balaban J connectivity index is 1.98. The Morgan fingerprint density at radius 1 is 1.14 bits per heavy atom. The molecule has 5 heteroatoms. The summed E-state index contributed by atoms with van der Waals surface area (Å²) in [4.78, 5) is 19.0. The Labute approximate surface area is 128 Å². The molecule has 3 rings (SSSR count). The van der Waals surface area contributed by atoms with Crippen molar-refractivity contribution < 1.29 is 4.79 Å². The molecule has 0 radical (unpaired) electrons. The quantitative estimate of drug-likeness (QED) is 0.796. The Hall–Kier alpha value is -1.88. The lowest BCUT2D eigenvalue weighted by atomic mass is 10.1. The molecule has 1 fully saturated rings. The van der Waals surface area contributed by atoms with Crippen molar-refractivity contribution in [1.29, 1.82) is 0 Å². The number of carbonyl (C=O) groups excluding carboxylic acids is 1. The van der Waals surface area contributed by atoms with E-state index in [1.165, 1.54) is 22.5 Å². The zero-order valence-electron chi connectivity index (χ0n) is 12.4. The number of benzene rings is 1. The summed E-state index contributed by atoms with van der Waals surface area (Å²) in [6, 6.07) is 6.24. The molecular weight excluding hydrogens is 282 g/mol. The largest absolute Gasteiger partial charge is 0.346 e. The molecule has 1 saturated heterocycles. The lowest BCUT2D eigenvalue weighted by Gasteiger charge is -2.11. The highest BCUT2D eigenvalue weighted by molar-refractivity contribution is 7.07. The Kier molecular flexibility index (Phi) is 3.92. The molecule has 0 unspecified atom stereocenters. The van der Waals surface area contributed by atoms with Crippen LogP contribution >= 0.6 is 11.3 Å². The second kappa shape index (κ2) is 5.85. The van der Waals surface area contributed by atoms with Crippen LogP contribution in [0.4, 0.5) is 4.79 Å². The molecule has 0 atom stereocenters. The minimum atomic E-state index is -0.118. The first-order valence-electron chi connectivity index (χ1n) is 7.22. The second-order valence-corrected chi connectivity index (χ2v) is 6.36. The van der Waals surface area contributed by atoms with Crippen LogP contribution in [0.5, 0.6) is 0 Å². The minimum Gasteiger partial charge on any atom is -0.323 e. The standard InChI is InChI=1S/C16H19N3OS/c1-12-9-13(2)11-14(10-12)19-7-8-21-16(19)17-15(20)18-5-3-4-6-18/h7-11H,3-6H2,1-2H3. The van der Waals surface area contributed by atoms with E-state index < -0.39 is 0 Å². The SMILES string of the molecule is Cc1cc(C)cc(-n2ccsc2=NC(=O)N2CCCC2)c1. The maximum absolute atomic E-state index is 12.2. The summed E-state index contributed by atoms with van der Waals surface area (Å²) >= 11 is 1.49. The minimum absolute atomic E-state index is 0.118. The summed E-state index contributed by atoms with van der Waals surface area (Å²) in [6.07, 6.45) is 4.14. The third-order valence-corrected chi connectivity index (χ3v) is 4.40. The fraction of sp³-hybridized carbons (Fsp3) is 0.375. The third kappa shape index (κ3) is 3.08. The molecule has 1 aliphatic rings. The number of aryl methyl sites for hydroxylation is 2. The van der Waals surface area contributed by atoms with Crippen LogP contribution in [0.25, 0.3) is 5.69 Å². The zero-order chi connectivity index (χ0) is 14.8. The van der Waals surface area contributed by atoms with E-state index in [0.717, 1.165) is 36.4 Å². The molecule has 2 amide bonds. The van der Waals surface area contributed by atoms with Crippen molar-refractivity contribution in [1.82, 2.24) is 9.47 Å². The Morgan fingerprint density at radius 3 is 2.48 bits per heavy atom. The first-order chi connectivity index (χ1) is 10.1. The van der Waals surface area contributed by atoms with E-state index in [4.69, 9.17) is 0 Å². The number of urea groups is 1. The lowest BCUT2D eigenvalue weighted by molar-refractivity contribution is 0.218. The molecule has 4 nitrogen and oxygen atoms in total. The van der Waals surface area contributed by atoms with Crippen molar-refractivity contribution >= 4 is 17.4 Å². The number of amides is 2. The van der Waals surface area contributed by atoms with Gasteiger partial charge in [-0.1, -0.05) is 6.07 Å². The van der Waals surface area contributed by atoms with Crippen molar-refractivity contribution in [3.8, 4) is 5.69 Å². The molecule has 0 saturated carbocycles. The maximum Gasteiger partial charge on any atom is 0.346 e. The number of thiazole rings is 1. The van der Waals surface area contributed by atoms with Gasteiger partial charge in [-0.25, -0.2) is 4.79 Å². The molecule has 0 N–H and O–H groups in total. The molecule has 1 aromatic heterocycles. The predicted octanol–water partition coefficient (Wildman–Crippen LogP) is 3.27. The maximum atomic E-state index is 12.2. The van der Waals surface area contributed by atoms with Gasteiger partial charge in [0.05, 0.1) is 0 Å². The van der Waals surface area contributed by atoms with Gasteiger partial charge in [0.1, 0.15) is 0 Å². The van der Waals surface area contributed by atoms with Crippen LogP contribution in [0, 0.1) is 13.8 Å². The first-order valence-corrected chi connectivity index (χ1v) is 8.10. The molecular formula is C16H19N3OS. The van der Waals surface area contributed by atoms with Gasteiger partial charge in [-0.15, -0.1) is 11.3 Å². The highest BCUT2D eigenvalue weighted by Gasteiger charge is 2.17. The van der Waals surface area contributed by atoms with Gasteiger partial charge in [0.15, 0.2) is 4.80 Å². The van der Waals surface area contributed by atoms with Gasteiger partial charge in [0.25, 0.3) is 0 Å². The molecule has 0 aliphatic carbocycles. The van der Waals surface area contributed by atoms with E-state index >= 15 is 0 Å². The molecule has 1 aromatic carbocycles. The van der Waals surface area contributed by atoms with E-state index in [1.54, 1.807) is 0 Å². The summed E-state index contributed by atoms with van der Waals surface area (Å²) in [6.45, 7) is 5.82. The van der Waals surface area contributed by atoms with Crippen LogP contribution in [-0.4, -0.2) is 28.6 Å². The van der Waals surface area contributed by atoms with Crippen LogP contribution in [0.2, 0.25) is 0 Å². The average Bonchev–Trinajstić information content (AvgIpc) is 3.08. The van der Waals surface area contributed by atoms with Crippen molar-refractivity contribution in [2.45, 2.75) is 26.7 Å². The molecule has 2 aromatic rings. The lowest BCUT2D eigenvalue weighted by Crippen LogP contribution is -2.27. The molecule has 0 bridgehead atoms. The van der Waals surface area contributed by atoms with Gasteiger partial charge in [0.2, 0.25) is 0 Å². The van der Waals surface area contributed by atoms with Gasteiger partial charge < -0.3 is 4.90 Å². The smallest absolute Gasteiger partial charge is 0.323 e. The molecule has 0 spiro atoms. The fourth-order valence-corrected chi connectivity index (χ4v) is 3.42. The molecule has 2 heterocycles. The number of hydrogen-bond acceptors (Lipinski definition) is 2. The number of nitrogens with zero attached hydrogens (tertiary/aromatic N) is 3. The summed E-state index contributed by atoms with van der Waals surface area (Å²) in [5.41, 5.74) is 3.47. The number of likely N-dealkylation sites (tertiary alicyclic amines) is 1. The predicted molar refractivity (Wildman–Crippen MR) is 84.9 cm³/mol. The summed E-state index contributed by atoms with van der Waals surface area (Å²) in [7, 11) is 0. The van der Waals surface area contributed by atoms with Crippen LogP contribution in [0.15, 0.2) is 34.8 Å². The topological polar surface area (TPSA) is 37.6 Å². The van der Waals surface area contributed by atoms with Crippen LogP contribution in [-0.2, 0) is 0 Å². The molecule has 1 aliphatic heterocycles. The molecule has 110 valence electrons. The summed E-state index contributed by atoms with van der Waals surface area (Å²) in [5.74, 6) is 0. The fourth-order valence-electron chi connectivity index (χ4n) is 2.70. The summed E-state index contributed by atoms with van der Waals surface area (Å²) in [5, 5.41) is 1.97. The number of rotatable bonds is 1. The van der Waals surface area contributed by atoms with Crippen molar-refractivity contribution in [3.05, 3.63) is 45.7 Å². The van der Waals surface area contributed by atoms with Crippen molar-refractivity contribution in [3.63, 3.8) is 0 Å².